The molecule has 1 aromatic heterocycles. The lowest BCUT2D eigenvalue weighted by Gasteiger charge is -2.08. The van der Waals surface area contributed by atoms with Gasteiger partial charge in [0, 0.05) is 32.4 Å². The number of carbonyl (C=O) groups excluding carboxylic acids is 1. The minimum absolute atomic E-state index is 0.272. The van der Waals surface area contributed by atoms with Crippen molar-refractivity contribution < 1.29 is 4.79 Å². The highest BCUT2D eigenvalue weighted by Crippen LogP contribution is 2.26. The lowest BCUT2D eigenvalue weighted by Crippen LogP contribution is -2.13. The number of aryl methyl sites for hydroxylation is 1. The van der Waals surface area contributed by atoms with Gasteiger partial charge < -0.3 is 5.32 Å². The third-order valence-electron chi connectivity index (χ3n) is 3.77. The minimum Gasteiger partial charge on any atom is -0.305 e. The van der Waals surface area contributed by atoms with Crippen LogP contribution in [0.25, 0.3) is 0 Å². The fraction of sp³-hybridized carbons (Fsp3) is 0.111. The van der Waals surface area contributed by atoms with Crippen LogP contribution in [0.4, 0.5) is 5.82 Å². The number of aromatic nitrogens is 2. The van der Waals surface area contributed by atoms with Crippen molar-refractivity contribution in [2.24, 2.45) is 0 Å². The first-order valence-corrected chi connectivity index (χ1v) is 9.10. The summed E-state index contributed by atoms with van der Waals surface area (Å²) < 4.78 is 1.71. The quantitative estimate of drug-likeness (QED) is 0.545. The van der Waals surface area contributed by atoms with Crippen molar-refractivity contribution in [3.05, 3.63) is 79.4 Å². The second-order valence-electron chi connectivity index (χ2n) is 5.61. The Bertz CT molecular complexity index is 964. The average Bonchev–Trinajstić information content (AvgIpc) is 2.90. The van der Waals surface area contributed by atoms with Crippen LogP contribution in [0.1, 0.15) is 21.6 Å². The Hall–Kier alpha value is -1.72. The predicted octanol–water partition coefficient (Wildman–Crippen LogP) is 6.11. The van der Waals surface area contributed by atoms with E-state index in [4.69, 9.17) is 46.4 Å². The minimum atomic E-state index is -0.368. The lowest BCUT2D eigenvalue weighted by atomic mass is 10.2. The van der Waals surface area contributed by atoms with Gasteiger partial charge in [-0.3, -0.25) is 9.48 Å². The Balaban J connectivity index is 1.81. The van der Waals surface area contributed by atoms with Gasteiger partial charge in [-0.25, -0.2) is 0 Å². The number of anilines is 1. The molecule has 0 saturated carbocycles. The van der Waals surface area contributed by atoms with Crippen molar-refractivity contribution in [3.8, 4) is 0 Å². The van der Waals surface area contributed by atoms with Gasteiger partial charge in [0.05, 0.1) is 17.1 Å². The predicted molar refractivity (Wildman–Crippen MR) is 107 cm³/mol. The van der Waals surface area contributed by atoms with E-state index in [0.717, 1.165) is 11.3 Å². The number of hydrogen-bond donors (Lipinski definition) is 1. The van der Waals surface area contributed by atoms with Gasteiger partial charge in [-0.15, -0.1) is 0 Å². The van der Waals surface area contributed by atoms with Crippen LogP contribution < -0.4 is 5.32 Å². The number of amides is 1. The molecular weight excluding hydrogens is 416 g/mol. The molecule has 0 unspecified atom stereocenters. The van der Waals surface area contributed by atoms with E-state index in [0.29, 0.717) is 33.0 Å². The molecule has 0 aliphatic carbocycles. The summed E-state index contributed by atoms with van der Waals surface area (Å²) >= 11 is 24.3. The lowest BCUT2D eigenvalue weighted by molar-refractivity contribution is 0.102. The van der Waals surface area contributed by atoms with E-state index in [1.165, 1.54) is 6.07 Å². The maximum absolute atomic E-state index is 12.4. The van der Waals surface area contributed by atoms with Crippen LogP contribution in [0, 0.1) is 6.92 Å². The van der Waals surface area contributed by atoms with Crippen molar-refractivity contribution in [3.63, 3.8) is 0 Å². The molecule has 0 atom stereocenters. The molecule has 4 nitrogen and oxygen atoms in total. The normalized spacial score (nSPS) is 10.8. The second-order valence-corrected chi connectivity index (χ2v) is 7.27. The monoisotopic (exact) mass is 427 g/mol. The summed E-state index contributed by atoms with van der Waals surface area (Å²) in [6.45, 7) is 2.27. The van der Waals surface area contributed by atoms with E-state index in [1.54, 1.807) is 41.1 Å². The van der Waals surface area contributed by atoms with E-state index in [9.17, 15) is 4.79 Å². The van der Waals surface area contributed by atoms with Crippen molar-refractivity contribution in [2.75, 3.05) is 5.32 Å². The second kappa shape index (κ2) is 7.89. The van der Waals surface area contributed by atoms with Crippen LogP contribution >= 0.6 is 46.4 Å². The molecule has 0 spiro atoms. The Morgan fingerprint density at radius 2 is 1.73 bits per heavy atom. The maximum Gasteiger partial charge on any atom is 0.258 e. The Morgan fingerprint density at radius 1 is 1.04 bits per heavy atom. The highest BCUT2D eigenvalue weighted by Gasteiger charge is 2.14. The maximum atomic E-state index is 12.4. The van der Waals surface area contributed by atoms with Crippen molar-refractivity contribution in [1.82, 2.24) is 9.78 Å². The summed E-state index contributed by atoms with van der Waals surface area (Å²) in [5, 5.41) is 8.98. The molecule has 0 saturated heterocycles. The van der Waals surface area contributed by atoms with Gasteiger partial charge in [0.1, 0.15) is 0 Å². The number of hydrogen-bond acceptors (Lipinski definition) is 2. The molecule has 1 heterocycles. The number of benzene rings is 2. The largest absolute Gasteiger partial charge is 0.305 e. The van der Waals surface area contributed by atoms with Gasteiger partial charge >= 0.3 is 0 Å². The molecule has 3 rings (SSSR count). The van der Waals surface area contributed by atoms with Gasteiger partial charge in [0.25, 0.3) is 5.91 Å². The van der Waals surface area contributed by atoms with E-state index < -0.39 is 0 Å². The first-order chi connectivity index (χ1) is 12.3. The molecule has 134 valence electrons. The van der Waals surface area contributed by atoms with Crippen LogP contribution in [-0.2, 0) is 6.54 Å². The van der Waals surface area contributed by atoms with E-state index in [1.807, 2.05) is 6.92 Å². The Kier molecular flexibility index (Phi) is 5.78. The number of rotatable bonds is 4. The first kappa shape index (κ1) is 19.1. The van der Waals surface area contributed by atoms with Gasteiger partial charge in [-0.1, -0.05) is 52.5 Å². The topological polar surface area (TPSA) is 46.9 Å². The van der Waals surface area contributed by atoms with Crippen LogP contribution in [0.15, 0.2) is 42.5 Å². The van der Waals surface area contributed by atoms with Crippen LogP contribution in [-0.4, -0.2) is 15.7 Å². The van der Waals surface area contributed by atoms with Gasteiger partial charge in [0.2, 0.25) is 0 Å². The molecule has 0 aliphatic rings. The Labute approximate surface area is 170 Å². The van der Waals surface area contributed by atoms with Gasteiger partial charge in [-0.2, -0.15) is 5.10 Å². The molecule has 8 heteroatoms. The van der Waals surface area contributed by atoms with Crippen molar-refractivity contribution in [1.29, 1.82) is 0 Å². The highest BCUT2D eigenvalue weighted by atomic mass is 35.5. The van der Waals surface area contributed by atoms with Crippen LogP contribution in [0.3, 0.4) is 0 Å². The van der Waals surface area contributed by atoms with E-state index in [2.05, 4.69) is 10.4 Å². The fourth-order valence-electron chi connectivity index (χ4n) is 2.42. The van der Waals surface area contributed by atoms with Crippen LogP contribution in [0.5, 0.6) is 0 Å². The third kappa shape index (κ3) is 4.15. The van der Waals surface area contributed by atoms with Gasteiger partial charge in [0.15, 0.2) is 5.82 Å². The standard InChI is InChI=1S/C18H13Cl4N3O/c1-10-7-17(23-18(26)12-6-5-11(19)8-16(12)22)24-25(10)9-13-14(20)3-2-4-15(13)21/h2-8H,9H2,1H3,(H,23,24,26). The Morgan fingerprint density at radius 3 is 2.38 bits per heavy atom. The number of halogens is 4. The zero-order chi connectivity index (χ0) is 18.8. The van der Waals surface area contributed by atoms with E-state index >= 15 is 0 Å². The zero-order valence-corrected chi connectivity index (χ0v) is 16.6. The van der Waals surface area contributed by atoms with Gasteiger partial charge in [-0.05, 0) is 37.3 Å². The smallest absolute Gasteiger partial charge is 0.258 e. The summed E-state index contributed by atoms with van der Waals surface area (Å²) in [6.07, 6.45) is 0. The molecule has 0 aliphatic heterocycles. The molecular formula is C18H13Cl4N3O. The molecule has 3 aromatic rings. The van der Waals surface area contributed by atoms with Crippen molar-refractivity contribution in [2.45, 2.75) is 13.5 Å². The van der Waals surface area contributed by atoms with Crippen molar-refractivity contribution >= 4 is 58.1 Å². The fourth-order valence-corrected chi connectivity index (χ4v) is 3.43. The summed E-state index contributed by atoms with van der Waals surface area (Å²) in [7, 11) is 0. The molecule has 0 bridgehead atoms. The molecule has 0 fully saturated rings. The average molecular weight is 429 g/mol. The molecule has 26 heavy (non-hydrogen) atoms. The zero-order valence-electron chi connectivity index (χ0n) is 13.6. The summed E-state index contributed by atoms with van der Waals surface area (Å²) in [6, 6.07) is 11.8. The first-order valence-electron chi connectivity index (χ1n) is 7.59. The summed E-state index contributed by atoms with van der Waals surface area (Å²) in [5.41, 5.74) is 1.93. The molecule has 2 aromatic carbocycles. The molecule has 0 radical (unpaired) electrons. The molecule has 1 amide bonds. The van der Waals surface area contributed by atoms with E-state index in [-0.39, 0.29) is 10.9 Å². The summed E-state index contributed by atoms with van der Waals surface area (Å²) in [4.78, 5) is 12.4. The summed E-state index contributed by atoms with van der Waals surface area (Å²) in [5.74, 6) is 0.0359. The number of nitrogens with one attached hydrogen (secondary N) is 1. The highest BCUT2D eigenvalue weighted by molar-refractivity contribution is 6.37. The van der Waals surface area contributed by atoms with Crippen LogP contribution in [0.2, 0.25) is 20.1 Å². The third-order valence-corrected chi connectivity index (χ3v) is 5.02. The molecule has 1 N–H and O–H groups in total. The number of nitrogens with zero attached hydrogens (tertiary/aromatic N) is 2. The number of carbonyl (C=O) groups is 1. The SMILES string of the molecule is Cc1cc(NC(=O)c2ccc(Cl)cc2Cl)nn1Cc1c(Cl)cccc1Cl.